The minimum absolute atomic E-state index is 0.0922. The smallest absolute Gasteiger partial charge is 0.277 e. The van der Waals surface area contributed by atoms with E-state index in [0.29, 0.717) is 22.5 Å². The Kier molecular flexibility index (Phi) is 4.51. The standard InChI is InChI=1S/C17H15ClFN3O2/c1-10-3-4-11(14(18)7-10)9-22-15-6-5-12(19)8-13(15)16(20-22)17(23)21-24-2/h3-8H,9H2,1-2H3,(H,21,23). The van der Waals surface area contributed by atoms with Gasteiger partial charge in [-0.1, -0.05) is 23.7 Å². The number of hydrogen-bond donors (Lipinski definition) is 1. The maximum Gasteiger partial charge on any atom is 0.295 e. The fourth-order valence-corrected chi connectivity index (χ4v) is 2.82. The van der Waals surface area contributed by atoms with E-state index in [2.05, 4.69) is 15.4 Å². The van der Waals surface area contributed by atoms with E-state index in [1.54, 1.807) is 10.7 Å². The molecule has 0 atom stereocenters. The molecule has 3 aromatic rings. The lowest BCUT2D eigenvalue weighted by molar-refractivity contribution is 0.0533. The summed E-state index contributed by atoms with van der Waals surface area (Å²) < 4.78 is 15.2. The molecular formula is C17H15ClFN3O2. The number of carbonyl (C=O) groups is 1. The second-order valence-electron chi connectivity index (χ2n) is 5.40. The molecule has 0 unspecified atom stereocenters. The van der Waals surface area contributed by atoms with Gasteiger partial charge in [-0.05, 0) is 42.3 Å². The van der Waals surface area contributed by atoms with Crippen molar-refractivity contribution in [3.05, 3.63) is 64.1 Å². The van der Waals surface area contributed by atoms with Crippen LogP contribution in [0.1, 0.15) is 21.6 Å². The van der Waals surface area contributed by atoms with Gasteiger partial charge in [0.2, 0.25) is 0 Å². The Morgan fingerprint density at radius 2 is 2.12 bits per heavy atom. The molecular weight excluding hydrogens is 333 g/mol. The van der Waals surface area contributed by atoms with Crippen molar-refractivity contribution in [2.45, 2.75) is 13.5 Å². The third kappa shape index (κ3) is 3.11. The van der Waals surface area contributed by atoms with Crippen LogP contribution in [0.25, 0.3) is 10.9 Å². The van der Waals surface area contributed by atoms with Gasteiger partial charge >= 0.3 is 0 Å². The third-order valence-electron chi connectivity index (χ3n) is 3.65. The van der Waals surface area contributed by atoms with Crippen molar-refractivity contribution in [3.8, 4) is 0 Å². The first-order chi connectivity index (χ1) is 11.5. The Morgan fingerprint density at radius 1 is 1.33 bits per heavy atom. The van der Waals surface area contributed by atoms with Crippen LogP contribution in [0.5, 0.6) is 0 Å². The van der Waals surface area contributed by atoms with Crippen LogP contribution in [0.2, 0.25) is 5.02 Å². The number of rotatable bonds is 4. The van der Waals surface area contributed by atoms with Gasteiger partial charge in [-0.25, -0.2) is 9.87 Å². The first-order valence-electron chi connectivity index (χ1n) is 7.24. The van der Waals surface area contributed by atoms with E-state index in [-0.39, 0.29) is 5.69 Å². The lowest BCUT2D eigenvalue weighted by Gasteiger charge is -2.07. The average Bonchev–Trinajstić information content (AvgIpc) is 2.88. The lowest BCUT2D eigenvalue weighted by atomic mass is 10.1. The molecule has 7 heteroatoms. The van der Waals surface area contributed by atoms with E-state index < -0.39 is 11.7 Å². The number of amides is 1. The van der Waals surface area contributed by atoms with E-state index in [9.17, 15) is 9.18 Å². The second-order valence-corrected chi connectivity index (χ2v) is 5.81. The average molecular weight is 348 g/mol. The predicted molar refractivity (Wildman–Crippen MR) is 89.5 cm³/mol. The van der Waals surface area contributed by atoms with Crippen LogP contribution in [0.4, 0.5) is 4.39 Å². The molecule has 2 aromatic carbocycles. The molecule has 5 nitrogen and oxygen atoms in total. The minimum Gasteiger partial charge on any atom is -0.277 e. The molecule has 0 bridgehead atoms. The van der Waals surface area contributed by atoms with Crippen molar-refractivity contribution < 1.29 is 14.0 Å². The summed E-state index contributed by atoms with van der Waals surface area (Å²) in [5.41, 5.74) is 4.84. The van der Waals surface area contributed by atoms with E-state index in [1.165, 1.54) is 19.2 Å². The predicted octanol–water partition coefficient (Wildman–Crippen LogP) is 3.48. The van der Waals surface area contributed by atoms with Crippen molar-refractivity contribution >= 4 is 28.4 Å². The third-order valence-corrected chi connectivity index (χ3v) is 4.00. The molecule has 0 fully saturated rings. The number of hydrogen-bond acceptors (Lipinski definition) is 3. The van der Waals surface area contributed by atoms with Crippen LogP contribution in [-0.4, -0.2) is 22.8 Å². The van der Waals surface area contributed by atoms with Crippen LogP contribution >= 0.6 is 11.6 Å². The highest BCUT2D eigenvalue weighted by Gasteiger charge is 2.18. The molecule has 1 heterocycles. The summed E-state index contributed by atoms with van der Waals surface area (Å²) in [6.07, 6.45) is 0. The van der Waals surface area contributed by atoms with Crippen molar-refractivity contribution in [1.82, 2.24) is 15.3 Å². The normalized spacial score (nSPS) is 11.0. The Hall–Kier alpha value is -2.44. The maximum atomic E-state index is 13.6. The number of aryl methyl sites for hydroxylation is 1. The molecule has 124 valence electrons. The van der Waals surface area contributed by atoms with Gasteiger partial charge in [0.1, 0.15) is 5.82 Å². The summed E-state index contributed by atoms with van der Waals surface area (Å²) in [4.78, 5) is 16.7. The number of benzene rings is 2. The number of aromatic nitrogens is 2. The van der Waals surface area contributed by atoms with Crippen molar-refractivity contribution in [2.24, 2.45) is 0 Å². The zero-order valence-electron chi connectivity index (χ0n) is 13.1. The first-order valence-corrected chi connectivity index (χ1v) is 7.62. The molecule has 1 amide bonds. The zero-order valence-corrected chi connectivity index (χ0v) is 13.9. The van der Waals surface area contributed by atoms with Crippen LogP contribution in [0, 0.1) is 12.7 Å². The molecule has 0 saturated carbocycles. The summed E-state index contributed by atoms with van der Waals surface area (Å²) in [6.45, 7) is 2.32. The monoisotopic (exact) mass is 347 g/mol. The van der Waals surface area contributed by atoms with Gasteiger partial charge in [-0.2, -0.15) is 5.10 Å². The number of fused-ring (bicyclic) bond motifs is 1. The van der Waals surface area contributed by atoms with Crippen LogP contribution < -0.4 is 5.48 Å². The second kappa shape index (κ2) is 6.59. The summed E-state index contributed by atoms with van der Waals surface area (Å²) >= 11 is 6.27. The number of carbonyl (C=O) groups excluding carboxylic acids is 1. The van der Waals surface area contributed by atoms with Crippen molar-refractivity contribution in [3.63, 3.8) is 0 Å². The van der Waals surface area contributed by atoms with E-state index >= 15 is 0 Å². The van der Waals surface area contributed by atoms with Crippen molar-refractivity contribution in [2.75, 3.05) is 7.11 Å². The molecule has 0 aliphatic rings. The van der Waals surface area contributed by atoms with Gasteiger partial charge in [0.15, 0.2) is 5.69 Å². The maximum absolute atomic E-state index is 13.6. The van der Waals surface area contributed by atoms with Crippen LogP contribution in [0.15, 0.2) is 36.4 Å². The molecule has 3 rings (SSSR count). The molecule has 24 heavy (non-hydrogen) atoms. The topological polar surface area (TPSA) is 56.1 Å². The highest BCUT2D eigenvalue weighted by Crippen LogP contribution is 2.24. The number of hydroxylamine groups is 1. The molecule has 1 aromatic heterocycles. The molecule has 1 N–H and O–H groups in total. The van der Waals surface area contributed by atoms with Gasteiger partial charge in [0, 0.05) is 10.4 Å². The zero-order chi connectivity index (χ0) is 17.3. The summed E-state index contributed by atoms with van der Waals surface area (Å²) in [6, 6.07) is 9.91. The number of nitrogens with one attached hydrogen (secondary N) is 1. The summed E-state index contributed by atoms with van der Waals surface area (Å²) in [5, 5.41) is 5.33. The van der Waals surface area contributed by atoms with Gasteiger partial charge in [-0.15, -0.1) is 0 Å². The molecule has 0 radical (unpaired) electrons. The van der Waals surface area contributed by atoms with Crippen molar-refractivity contribution in [1.29, 1.82) is 0 Å². The lowest BCUT2D eigenvalue weighted by Crippen LogP contribution is -2.22. The first kappa shape index (κ1) is 16.4. The highest BCUT2D eigenvalue weighted by molar-refractivity contribution is 6.31. The SMILES string of the molecule is CONC(=O)c1nn(Cc2ccc(C)cc2Cl)c2ccc(F)cc12. The largest absolute Gasteiger partial charge is 0.295 e. The van der Waals surface area contributed by atoms with E-state index in [0.717, 1.165) is 11.1 Å². The van der Waals surface area contributed by atoms with E-state index in [1.807, 2.05) is 25.1 Å². The van der Waals surface area contributed by atoms with Gasteiger partial charge < -0.3 is 0 Å². The van der Waals surface area contributed by atoms with E-state index in [4.69, 9.17) is 11.6 Å². The fraction of sp³-hybridized carbons (Fsp3) is 0.176. The Labute approximate surface area is 142 Å². The fourth-order valence-electron chi connectivity index (χ4n) is 2.52. The Balaban J connectivity index is 2.09. The Morgan fingerprint density at radius 3 is 2.83 bits per heavy atom. The van der Waals surface area contributed by atoms with Crippen LogP contribution in [0.3, 0.4) is 0 Å². The van der Waals surface area contributed by atoms with Crippen LogP contribution in [-0.2, 0) is 11.4 Å². The van der Waals surface area contributed by atoms with Gasteiger partial charge in [0.25, 0.3) is 5.91 Å². The highest BCUT2D eigenvalue weighted by atomic mass is 35.5. The van der Waals surface area contributed by atoms with Gasteiger partial charge in [0.05, 0.1) is 19.2 Å². The summed E-state index contributed by atoms with van der Waals surface area (Å²) in [5.74, 6) is -0.983. The van der Waals surface area contributed by atoms with Gasteiger partial charge in [-0.3, -0.25) is 14.3 Å². The minimum atomic E-state index is -0.540. The molecule has 0 saturated heterocycles. The Bertz CT molecular complexity index is 924. The summed E-state index contributed by atoms with van der Waals surface area (Å²) in [7, 11) is 1.32. The number of nitrogens with zero attached hydrogens (tertiary/aromatic N) is 2. The molecule has 0 aliphatic carbocycles. The molecule has 0 aliphatic heterocycles. The number of halogens is 2. The molecule has 0 spiro atoms. The quantitative estimate of drug-likeness (QED) is 0.735.